The van der Waals surface area contributed by atoms with Gasteiger partial charge in [-0.2, -0.15) is 17.0 Å². The van der Waals surface area contributed by atoms with Gasteiger partial charge in [-0.05, 0) is 43.2 Å². The van der Waals surface area contributed by atoms with Crippen LogP contribution in [0.1, 0.15) is 12.8 Å². The number of hydrogen-bond acceptors (Lipinski definition) is 4. The molecule has 1 aliphatic rings. The molecule has 9 heteroatoms. The van der Waals surface area contributed by atoms with Crippen LogP contribution < -0.4 is 10.1 Å². The SMILES string of the molecule is CN(C)S(=O)(=O)N1CCC[C@H](C(=O)Nc2cc(Cl)ccc2Oc2ccccc2)C1. The molecule has 0 radical (unpaired) electrons. The molecule has 0 spiro atoms. The van der Waals surface area contributed by atoms with Crippen LogP contribution in [0.25, 0.3) is 0 Å². The predicted molar refractivity (Wildman–Crippen MR) is 114 cm³/mol. The number of amides is 1. The zero-order valence-corrected chi connectivity index (χ0v) is 17.9. The lowest BCUT2D eigenvalue weighted by Crippen LogP contribution is -2.47. The first kappa shape index (κ1) is 21.6. The molecule has 1 heterocycles. The number of anilines is 1. The normalized spacial score (nSPS) is 17.9. The van der Waals surface area contributed by atoms with Crippen molar-refractivity contribution in [2.75, 3.05) is 32.5 Å². The highest BCUT2D eigenvalue weighted by molar-refractivity contribution is 7.86. The van der Waals surface area contributed by atoms with Crippen molar-refractivity contribution < 1.29 is 17.9 Å². The van der Waals surface area contributed by atoms with E-state index in [1.54, 1.807) is 18.2 Å². The van der Waals surface area contributed by atoms with Gasteiger partial charge in [0, 0.05) is 32.2 Å². The number of hydrogen-bond donors (Lipinski definition) is 1. The number of carbonyl (C=O) groups excluding carboxylic acids is 1. The standard InChI is InChI=1S/C20H24ClN3O4S/c1-23(2)29(26,27)24-12-6-7-15(14-24)20(25)22-18-13-16(21)10-11-19(18)28-17-8-4-3-5-9-17/h3-5,8-11,13,15H,6-7,12,14H2,1-2H3,(H,22,25)/t15-/m0/s1. The second-order valence-electron chi connectivity index (χ2n) is 7.03. The molecule has 0 bridgehead atoms. The topological polar surface area (TPSA) is 79.0 Å². The molecule has 2 aromatic rings. The summed E-state index contributed by atoms with van der Waals surface area (Å²) in [4.78, 5) is 12.9. The van der Waals surface area contributed by atoms with Gasteiger partial charge in [0.1, 0.15) is 5.75 Å². The number of piperidine rings is 1. The monoisotopic (exact) mass is 437 g/mol. The van der Waals surface area contributed by atoms with Crippen LogP contribution in [0.3, 0.4) is 0 Å². The van der Waals surface area contributed by atoms with Crippen LogP contribution >= 0.6 is 11.6 Å². The van der Waals surface area contributed by atoms with Crippen molar-refractivity contribution in [2.24, 2.45) is 5.92 Å². The second kappa shape index (κ2) is 9.13. The van der Waals surface area contributed by atoms with Gasteiger partial charge in [0.05, 0.1) is 11.6 Å². The molecular weight excluding hydrogens is 414 g/mol. The Hall–Kier alpha value is -2.13. The number of carbonyl (C=O) groups is 1. The van der Waals surface area contributed by atoms with Gasteiger partial charge in [0.25, 0.3) is 10.2 Å². The van der Waals surface area contributed by atoms with Crippen molar-refractivity contribution in [1.82, 2.24) is 8.61 Å². The van der Waals surface area contributed by atoms with Gasteiger partial charge in [-0.25, -0.2) is 0 Å². The highest BCUT2D eigenvalue weighted by Gasteiger charge is 2.33. The Balaban J connectivity index is 1.75. The quantitative estimate of drug-likeness (QED) is 0.749. The Labute approximate surface area is 176 Å². The number of ether oxygens (including phenoxy) is 1. The number of nitrogens with one attached hydrogen (secondary N) is 1. The molecule has 0 aromatic heterocycles. The molecule has 3 rings (SSSR count). The fourth-order valence-corrected chi connectivity index (χ4v) is 4.50. The number of nitrogens with zero attached hydrogens (tertiary/aromatic N) is 2. The third-order valence-electron chi connectivity index (χ3n) is 4.71. The Kier molecular flexibility index (Phi) is 6.79. The van der Waals surface area contributed by atoms with E-state index in [4.69, 9.17) is 16.3 Å². The molecule has 156 valence electrons. The summed E-state index contributed by atoms with van der Waals surface area (Å²) < 4.78 is 33.2. The smallest absolute Gasteiger partial charge is 0.281 e. The largest absolute Gasteiger partial charge is 0.455 e. The molecular formula is C20H24ClN3O4S. The summed E-state index contributed by atoms with van der Waals surface area (Å²) in [6, 6.07) is 14.2. The van der Waals surface area contributed by atoms with E-state index < -0.39 is 16.1 Å². The lowest BCUT2D eigenvalue weighted by Gasteiger charge is -2.32. The van der Waals surface area contributed by atoms with Crippen molar-refractivity contribution in [3.05, 3.63) is 53.6 Å². The van der Waals surface area contributed by atoms with Crippen molar-refractivity contribution in [2.45, 2.75) is 12.8 Å². The van der Waals surface area contributed by atoms with Crippen LogP contribution in [0.5, 0.6) is 11.5 Å². The molecule has 2 aromatic carbocycles. The Bertz CT molecular complexity index is 967. The fraction of sp³-hybridized carbons (Fsp3) is 0.350. The van der Waals surface area contributed by atoms with E-state index in [-0.39, 0.29) is 12.5 Å². The summed E-state index contributed by atoms with van der Waals surface area (Å²) in [6.45, 7) is 0.547. The molecule has 1 N–H and O–H groups in total. The first-order valence-electron chi connectivity index (χ1n) is 9.28. The Morgan fingerprint density at radius 3 is 2.62 bits per heavy atom. The molecule has 1 saturated heterocycles. The molecule has 1 fully saturated rings. The van der Waals surface area contributed by atoms with Crippen LogP contribution in [-0.2, 0) is 15.0 Å². The van der Waals surface area contributed by atoms with E-state index in [0.717, 1.165) is 4.31 Å². The van der Waals surface area contributed by atoms with Gasteiger partial charge >= 0.3 is 0 Å². The van der Waals surface area contributed by atoms with Crippen LogP contribution in [0, 0.1) is 5.92 Å². The number of rotatable bonds is 6. The molecule has 29 heavy (non-hydrogen) atoms. The number of para-hydroxylation sites is 1. The molecule has 1 aliphatic heterocycles. The van der Waals surface area contributed by atoms with E-state index in [2.05, 4.69) is 5.32 Å². The van der Waals surface area contributed by atoms with E-state index in [1.807, 2.05) is 30.3 Å². The van der Waals surface area contributed by atoms with Crippen LogP contribution in [0.4, 0.5) is 5.69 Å². The minimum atomic E-state index is -3.55. The summed E-state index contributed by atoms with van der Waals surface area (Å²) in [5.41, 5.74) is 0.443. The molecule has 0 saturated carbocycles. The van der Waals surface area contributed by atoms with Gasteiger partial charge in [-0.15, -0.1) is 0 Å². The summed E-state index contributed by atoms with van der Waals surface area (Å²) >= 11 is 6.11. The summed E-state index contributed by atoms with van der Waals surface area (Å²) in [5, 5.41) is 3.32. The van der Waals surface area contributed by atoms with Crippen molar-refractivity contribution in [3.63, 3.8) is 0 Å². The molecule has 1 atom stereocenters. The van der Waals surface area contributed by atoms with Gasteiger partial charge in [0.2, 0.25) is 5.91 Å². The van der Waals surface area contributed by atoms with Crippen LogP contribution in [-0.4, -0.2) is 50.1 Å². The minimum Gasteiger partial charge on any atom is -0.455 e. The van der Waals surface area contributed by atoms with Gasteiger partial charge < -0.3 is 10.1 Å². The Morgan fingerprint density at radius 2 is 1.93 bits per heavy atom. The number of benzene rings is 2. The molecule has 1 amide bonds. The lowest BCUT2D eigenvalue weighted by molar-refractivity contribution is -0.120. The summed E-state index contributed by atoms with van der Waals surface area (Å²) in [5.74, 6) is 0.375. The maximum absolute atomic E-state index is 12.9. The highest BCUT2D eigenvalue weighted by Crippen LogP contribution is 2.33. The maximum Gasteiger partial charge on any atom is 0.281 e. The average Bonchev–Trinajstić information content (AvgIpc) is 2.70. The first-order valence-corrected chi connectivity index (χ1v) is 11.1. The van der Waals surface area contributed by atoms with Crippen LogP contribution in [0.15, 0.2) is 48.5 Å². The van der Waals surface area contributed by atoms with E-state index in [0.29, 0.717) is 41.6 Å². The van der Waals surface area contributed by atoms with Crippen molar-refractivity contribution >= 4 is 33.4 Å². The third-order valence-corrected chi connectivity index (χ3v) is 6.86. The number of halogens is 1. The zero-order chi connectivity index (χ0) is 21.0. The van der Waals surface area contributed by atoms with Gasteiger partial charge in [0.15, 0.2) is 5.75 Å². The highest BCUT2D eigenvalue weighted by atomic mass is 35.5. The van der Waals surface area contributed by atoms with E-state index in [1.165, 1.54) is 18.4 Å². The van der Waals surface area contributed by atoms with Gasteiger partial charge in [-0.1, -0.05) is 29.8 Å². The minimum absolute atomic E-state index is 0.141. The average molecular weight is 438 g/mol. The molecule has 0 aliphatic carbocycles. The molecule has 7 nitrogen and oxygen atoms in total. The lowest BCUT2D eigenvalue weighted by atomic mass is 9.98. The third kappa shape index (κ3) is 5.27. The maximum atomic E-state index is 12.9. The fourth-order valence-electron chi connectivity index (χ4n) is 3.14. The van der Waals surface area contributed by atoms with Crippen molar-refractivity contribution in [3.8, 4) is 11.5 Å². The summed E-state index contributed by atoms with van der Waals surface area (Å²) in [6.07, 6.45) is 1.23. The Morgan fingerprint density at radius 1 is 1.21 bits per heavy atom. The first-order chi connectivity index (χ1) is 13.8. The second-order valence-corrected chi connectivity index (χ2v) is 9.61. The zero-order valence-electron chi connectivity index (χ0n) is 16.3. The van der Waals surface area contributed by atoms with Gasteiger partial charge in [-0.3, -0.25) is 4.79 Å². The van der Waals surface area contributed by atoms with E-state index in [9.17, 15) is 13.2 Å². The van der Waals surface area contributed by atoms with Crippen molar-refractivity contribution in [1.29, 1.82) is 0 Å². The predicted octanol–water partition coefficient (Wildman–Crippen LogP) is 3.59. The molecule has 0 unspecified atom stereocenters. The van der Waals surface area contributed by atoms with Crippen LogP contribution in [0.2, 0.25) is 5.02 Å². The summed E-state index contributed by atoms with van der Waals surface area (Å²) in [7, 11) is -0.585. The van der Waals surface area contributed by atoms with E-state index >= 15 is 0 Å².